The van der Waals surface area contributed by atoms with Gasteiger partial charge in [0, 0.05) is 59.2 Å². The van der Waals surface area contributed by atoms with Crippen LogP contribution in [0, 0.1) is 0 Å². The number of nitrogens with zero attached hydrogens (tertiary/aromatic N) is 3. The Kier molecular flexibility index (Phi) is 8.05. The maximum atomic E-state index is 11.8. The Labute approximate surface area is 132 Å². The van der Waals surface area contributed by atoms with Gasteiger partial charge in [-0.2, -0.15) is 0 Å². The summed E-state index contributed by atoms with van der Waals surface area (Å²) in [4.78, 5) is 40.3. The number of ketones is 1. The van der Waals surface area contributed by atoms with Gasteiger partial charge in [0.2, 0.25) is 11.8 Å². The van der Waals surface area contributed by atoms with E-state index in [1.807, 2.05) is 0 Å². The van der Waals surface area contributed by atoms with Crippen molar-refractivity contribution in [3.63, 3.8) is 0 Å². The van der Waals surface area contributed by atoms with Crippen LogP contribution in [0.2, 0.25) is 0 Å². The van der Waals surface area contributed by atoms with E-state index < -0.39 is 0 Å². The number of hydrogen-bond donors (Lipinski definition) is 1. The average molecular weight is 320 g/mol. The number of Topliss-reactive ketones (excluding diaryl/α,β-unsaturated/α-hetero) is 1. The summed E-state index contributed by atoms with van der Waals surface area (Å²) in [7, 11) is 3.77. The zero-order valence-electron chi connectivity index (χ0n) is 13.9. The Morgan fingerprint density at radius 2 is 1.73 bits per heavy atom. The maximum absolute atomic E-state index is 11.8. The SMILES string of the molecule is C[13C](=O)[13CH2][13CH2][13C](=O)N(C)CCNC(=O)[13CH2][15N]1CCN(C)[13CH2][13CH2]1. The monoisotopic (exact) mass is 320 g/mol. The molecule has 0 aliphatic carbocycles. The molecule has 126 valence electrons. The average Bonchev–Trinajstić information content (AvgIpc) is 2.47. The minimum absolute atomic E-state index is 0.00543. The van der Waals surface area contributed by atoms with Gasteiger partial charge in [0.25, 0.3) is 0 Å². The van der Waals surface area contributed by atoms with Gasteiger partial charge in [0.05, 0.1) is 6.54 Å². The fraction of sp³-hybridized carbons (Fsp3) is 0.800. The fourth-order valence-electron chi connectivity index (χ4n) is 2.23. The number of carbonyl (C=O) groups excluding carboxylic acids is 3. The van der Waals surface area contributed by atoms with Gasteiger partial charge >= 0.3 is 0 Å². The molecule has 0 radical (unpaired) electrons. The van der Waals surface area contributed by atoms with Gasteiger partial charge in [-0.15, -0.1) is 0 Å². The maximum Gasteiger partial charge on any atom is 0.234 e. The highest BCUT2D eigenvalue weighted by Crippen LogP contribution is 1.98. The van der Waals surface area contributed by atoms with Crippen LogP contribution in [0.4, 0.5) is 0 Å². The van der Waals surface area contributed by atoms with Crippen molar-refractivity contribution in [1.82, 2.24) is 20.0 Å². The number of carbonyl (C=O) groups is 3. The van der Waals surface area contributed by atoms with Crippen molar-refractivity contribution >= 4 is 17.6 Å². The smallest absolute Gasteiger partial charge is 0.234 e. The van der Waals surface area contributed by atoms with Gasteiger partial charge in [0.1, 0.15) is 5.78 Å². The third-order valence-electron chi connectivity index (χ3n) is 3.85. The lowest BCUT2D eigenvalue weighted by molar-refractivity contribution is -0.132. The van der Waals surface area contributed by atoms with Crippen LogP contribution in [0.3, 0.4) is 0 Å². The summed E-state index contributed by atoms with van der Waals surface area (Å²) in [5, 5.41) is 2.84. The van der Waals surface area contributed by atoms with Crippen LogP contribution in [0.25, 0.3) is 0 Å². The molecule has 7 heteroatoms. The molecular formula is C15H28N4O3. The van der Waals surface area contributed by atoms with Crippen LogP contribution in [0.5, 0.6) is 0 Å². The van der Waals surface area contributed by atoms with Gasteiger partial charge in [0.15, 0.2) is 0 Å². The Hall–Kier alpha value is -1.47. The van der Waals surface area contributed by atoms with Gasteiger partial charge in [-0.3, -0.25) is 14.5 Å². The molecule has 0 saturated carbocycles. The van der Waals surface area contributed by atoms with Crippen LogP contribution in [-0.2, 0) is 14.4 Å². The summed E-state index contributed by atoms with van der Waals surface area (Å²) in [5.74, 6) is -0.0557. The standard InChI is InChI=1S/C15H28N4O3/c1-13(20)4-5-15(22)18(3)7-6-16-14(21)12-19-10-8-17(2)9-11-19/h4-12H2,1-3H3,(H,16,21)/i4+1,5+1,8+1,10+1,12+1,13+1,15+1,19+1. The quantitative estimate of drug-likeness (QED) is 0.467. The van der Waals surface area contributed by atoms with Crippen LogP contribution in [0.15, 0.2) is 0 Å². The van der Waals surface area contributed by atoms with E-state index in [1.54, 1.807) is 11.9 Å². The molecule has 0 atom stereocenters. The first kappa shape index (κ1) is 18.6. The number of amides is 2. The molecule has 1 aliphatic rings. The molecule has 2 amide bonds. The van der Waals surface area contributed by atoms with Crippen molar-refractivity contribution in [1.29, 1.82) is 0 Å². The summed E-state index contributed by atoms with van der Waals surface area (Å²) in [6.45, 7) is 6.59. The van der Waals surface area contributed by atoms with Crippen LogP contribution in [-0.4, -0.2) is 92.2 Å². The number of piperazine rings is 1. The van der Waals surface area contributed by atoms with Crippen molar-refractivity contribution in [3.8, 4) is 0 Å². The van der Waals surface area contributed by atoms with Crippen molar-refractivity contribution in [3.05, 3.63) is 0 Å². The predicted octanol–water partition coefficient (Wildman–Crippen LogP) is -0.822. The Bertz CT molecular complexity index is 392. The van der Waals surface area contributed by atoms with Crippen LogP contribution in [0.1, 0.15) is 19.8 Å². The van der Waals surface area contributed by atoms with Crippen molar-refractivity contribution < 1.29 is 14.4 Å². The van der Waals surface area contributed by atoms with E-state index in [0.29, 0.717) is 19.6 Å². The van der Waals surface area contributed by atoms with E-state index in [2.05, 4.69) is 22.2 Å². The second kappa shape index (κ2) is 9.53. The topological polar surface area (TPSA) is 73.0 Å². The van der Waals surface area contributed by atoms with E-state index in [9.17, 15) is 14.4 Å². The first-order chi connectivity index (χ1) is 10.4. The lowest BCUT2D eigenvalue weighted by atomic mass is 10.6. The number of hydrogen-bond acceptors (Lipinski definition) is 5. The minimum atomic E-state index is -0.0662. The molecule has 1 N–H and O–H groups in total. The van der Waals surface area contributed by atoms with Crippen LogP contribution >= 0.6 is 0 Å². The third-order valence-corrected chi connectivity index (χ3v) is 3.85. The molecule has 1 rings (SSSR count). The van der Waals surface area contributed by atoms with E-state index in [4.69, 9.17) is 0 Å². The molecule has 0 spiro atoms. The summed E-state index contributed by atoms with van der Waals surface area (Å²) in [5.41, 5.74) is 0. The highest BCUT2D eigenvalue weighted by molar-refractivity contribution is 5.83. The molecule has 1 saturated heterocycles. The van der Waals surface area contributed by atoms with E-state index in [-0.39, 0.29) is 30.4 Å². The fourth-order valence-corrected chi connectivity index (χ4v) is 2.23. The summed E-state index contributed by atoms with van der Waals surface area (Å²) < 4.78 is 0. The van der Waals surface area contributed by atoms with Gasteiger partial charge in [-0.1, -0.05) is 0 Å². The molecule has 22 heavy (non-hydrogen) atoms. The van der Waals surface area contributed by atoms with Crippen LogP contribution < -0.4 is 5.32 Å². The second-order valence-corrected chi connectivity index (χ2v) is 5.95. The molecular weight excluding hydrogens is 292 g/mol. The lowest BCUT2D eigenvalue weighted by Crippen LogP contribution is -2.48. The Morgan fingerprint density at radius 3 is 2.32 bits per heavy atom. The first-order valence-corrected chi connectivity index (χ1v) is 7.79. The van der Waals surface area contributed by atoms with Crippen molar-refractivity contribution in [2.75, 3.05) is 59.9 Å². The molecule has 0 aromatic heterocycles. The van der Waals surface area contributed by atoms with Crippen molar-refractivity contribution in [2.24, 2.45) is 0 Å². The van der Waals surface area contributed by atoms with Gasteiger partial charge in [-0.05, 0) is 14.0 Å². The lowest BCUT2D eigenvalue weighted by Gasteiger charge is -2.31. The van der Waals surface area contributed by atoms with Crippen molar-refractivity contribution in [2.45, 2.75) is 19.8 Å². The molecule has 7 nitrogen and oxygen atoms in total. The zero-order valence-corrected chi connectivity index (χ0v) is 13.9. The molecule has 1 fully saturated rings. The molecule has 0 unspecified atom stereocenters. The van der Waals surface area contributed by atoms with Gasteiger partial charge in [-0.25, -0.2) is 0 Å². The summed E-state index contributed by atoms with van der Waals surface area (Å²) in [6, 6.07) is 0. The van der Waals surface area contributed by atoms with Gasteiger partial charge < -0.3 is 19.9 Å². The molecule has 0 aromatic rings. The third kappa shape index (κ3) is 7.51. The first-order valence-electron chi connectivity index (χ1n) is 7.79. The molecule has 0 aromatic carbocycles. The summed E-state index contributed by atoms with van der Waals surface area (Å²) >= 11 is 0. The predicted molar refractivity (Wildman–Crippen MR) is 84.5 cm³/mol. The second-order valence-electron chi connectivity index (χ2n) is 5.95. The molecule has 0 bridgehead atoms. The number of likely N-dealkylation sites (N-methyl/N-ethyl adjacent to an activating group) is 2. The highest BCUT2D eigenvalue weighted by Gasteiger charge is 2.16. The molecule has 1 heterocycles. The minimum Gasteiger partial charge on any atom is -0.353 e. The van der Waals surface area contributed by atoms with E-state index >= 15 is 0 Å². The summed E-state index contributed by atoms with van der Waals surface area (Å²) in [6.07, 6.45) is 0.514. The van der Waals surface area contributed by atoms with E-state index in [1.165, 1.54) is 6.92 Å². The Morgan fingerprint density at radius 1 is 1.09 bits per heavy atom. The molecule has 1 aliphatic heterocycles. The number of nitrogens with one attached hydrogen (secondary N) is 1. The normalized spacial score (nSPS) is 16.3. The van der Waals surface area contributed by atoms with E-state index in [0.717, 1.165) is 26.2 Å². The highest BCUT2D eigenvalue weighted by atomic mass is 16.2. The Balaban J connectivity index is 2.13. The number of rotatable bonds is 8. The largest absolute Gasteiger partial charge is 0.353 e. The zero-order chi connectivity index (χ0) is 16.5.